The van der Waals surface area contributed by atoms with Crippen molar-refractivity contribution in [2.45, 2.75) is 38.6 Å². The molecule has 1 amide bonds. The van der Waals surface area contributed by atoms with Gasteiger partial charge in [-0.2, -0.15) is 0 Å². The summed E-state index contributed by atoms with van der Waals surface area (Å²) in [6.45, 7) is 1.47. The van der Waals surface area contributed by atoms with E-state index in [9.17, 15) is 14.0 Å². The van der Waals surface area contributed by atoms with Gasteiger partial charge < -0.3 is 14.5 Å². The summed E-state index contributed by atoms with van der Waals surface area (Å²) in [5.74, 6) is -0.117. The number of fused-ring (bicyclic) bond motifs is 1. The molecule has 5 nitrogen and oxygen atoms in total. The van der Waals surface area contributed by atoms with Crippen LogP contribution in [0.25, 0.3) is 22.1 Å². The molecule has 4 rings (SSSR count). The van der Waals surface area contributed by atoms with Crippen LogP contribution in [0.5, 0.6) is 5.75 Å². The molecule has 1 aliphatic rings. The summed E-state index contributed by atoms with van der Waals surface area (Å²) >= 11 is 6.14. The number of carbonyl (C=O) groups excluding carboxylic acids is 1. The number of aryl methyl sites for hydroxylation is 1. The summed E-state index contributed by atoms with van der Waals surface area (Å²) in [6.07, 6.45) is 4.27. The van der Waals surface area contributed by atoms with E-state index in [1.54, 1.807) is 25.1 Å². The quantitative estimate of drug-likeness (QED) is 0.619. The standard InChI is InChI=1S/C23H21ClFNO4/c1-13-21(22-17(24)7-4-8-18(22)25)23(28)16-10-9-15(11-19(16)30-13)29-12-20(27)26-14-5-2-3-6-14/h4,7-11,14H,2-3,5-6,12H2,1H3,(H,26,27). The first-order valence-electron chi connectivity index (χ1n) is 9.88. The predicted molar refractivity (Wildman–Crippen MR) is 114 cm³/mol. The largest absolute Gasteiger partial charge is 0.484 e. The predicted octanol–water partition coefficient (Wildman–Crippen LogP) is 5.00. The van der Waals surface area contributed by atoms with Gasteiger partial charge in [-0.25, -0.2) is 4.39 Å². The van der Waals surface area contributed by atoms with Crippen molar-refractivity contribution in [3.63, 3.8) is 0 Å². The summed E-state index contributed by atoms with van der Waals surface area (Å²) < 4.78 is 25.7. The van der Waals surface area contributed by atoms with Crippen molar-refractivity contribution >= 4 is 28.5 Å². The molecule has 0 aliphatic heterocycles. The lowest BCUT2D eigenvalue weighted by Gasteiger charge is -2.13. The van der Waals surface area contributed by atoms with E-state index in [-0.39, 0.29) is 51.3 Å². The average molecular weight is 430 g/mol. The van der Waals surface area contributed by atoms with Crippen molar-refractivity contribution in [3.05, 3.63) is 63.2 Å². The zero-order chi connectivity index (χ0) is 21.3. The van der Waals surface area contributed by atoms with Crippen molar-refractivity contribution in [2.24, 2.45) is 0 Å². The fourth-order valence-corrected chi connectivity index (χ4v) is 4.15. The molecule has 3 aromatic rings. The number of carbonyl (C=O) groups is 1. The van der Waals surface area contributed by atoms with Gasteiger partial charge >= 0.3 is 0 Å². The molecule has 0 radical (unpaired) electrons. The molecule has 1 aliphatic carbocycles. The van der Waals surface area contributed by atoms with E-state index in [2.05, 4.69) is 5.32 Å². The molecule has 1 fully saturated rings. The molecule has 0 saturated heterocycles. The maximum absolute atomic E-state index is 14.4. The Morgan fingerprint density at radius 2 is 2.00 bits per heavy atom. The molecular weight excluding hydrogens is 409 g/mol. The van der Waals surface area contributed by atoms with E-state index in [1.165, 1.54) is 18.2 Å². The van der Waals surface area contributed by atoms with Gasteiger partial charge in [-0.15, -0.1) is 0 Å². The van der Waals surface area contributed by atoms with Crippen molar-refractivity contribution in [1.29, 1.82) is 0 Å². The van der Waals surface area contributed by atoms with Crippen molar-refractivity contribution in [1.82, 2.24) is 5.32 Å². The van der Waals surface area contributed by atoms with Crippen LogP contribution in [0.3, 0.4) is 0 Å². The molecule has 0 spiro atoms. The molecule has 2 aromatic carbocycles. The Kier molecular flexibility index (Phi) is 5.77. The van der Waals surface area contributed by atoms with Crippen LogP contribution in [0.15, 0.2) is 45.6 Å². The first-order chi connectivity index (χ1) is 14.4. The van der Waals surface area contributed by atoms with Crippen LogP contribution < -0.4 is 15.5 Å². The molecule has 1 saturated carbocycles. The second kappa shape index (κ2) is 8.48. The molecule has 7 heteroatoms. The smallest absolute Gasteiger partial charge is 0.258 e. The van der Waals surface area contributed by atoms with Crippen LogP contribution in [0, 0.1) is 12.7 Å². The van der Waals surface area contributed by atoms with Gasteiger partial charge in [0.25, 0.3) is 5.91 Å². The molecule has 0 atom stereocenters. The van der Waals surface area contributed by atoms with E-state index >= 15 is 0 Å². The monoisotopic (exact) mass is 429 g/mol. The number of amides is 1. The van der Waals surface area contributed by atoms with Crippen LogP contribution in [0.2, 0.25) is 5.02 Å². The second-order valence-electron chi connectivity index (χ2n) is 7.45. The highest BCUT2D eigenvalue weighted by atomic mass is 35.5. The van der Waals surface area contributed by atoms with E-state index < -0.39 is 5.82 Å². The molecule has 1 N–H and O–H groups in total. The lowest BCUT2D eigenvalue weighted by atomic mass is 10.0. The third-order valence-corrected chi connectivity index (χ3v) is 5.66. The second-order valence-corrected chi connectivity index (χ2v) is 7.86. The third-order valence-electron chi connectivity index (χ3n) is 5.34. The number of benzene rings is 2. The van der Waals surface area contributed by atoms with E-state index in [0.29, 0.717) is 11.3 Å². The Bertz CT molecular complexity index is 1150. The number of hydrogen-bond donors (Lipinski definition) is 1. The van der Waals surface area contributed by atoms with Crippen LogP contribution >= 0.6 is 11.6 Å². The zero-order valence-corrected chi connectivity index (χ0v) is 17.2. The molecule has 30 heavy (non-hydrogen) atoms. The Morgan fingerprint density at radius 1 is 1.23 bits per heavy atom. The van der Waals surface area contributed by atoms with Gasteiger partial charge in [-0.3, -0.25) is 9.59 Å². The maximum Gasteiger partial charge on any atom is 0.258 e. The average Bonchev–Trinajstić information content (AvgIpc) is 3.21. The van der Waals surface area contributed by atoms with E-state index in [1.807, 2.05) is 0 Å². The Hall–Kier alpha value is -2.86. The Morgan fingerprint density at radius 3 is 2.73 bits per heavy atom. The lowest BCUT2D eigenvalue weighted by Crippen LogP contribution is -2.36. The Labute approximate surface area is 177 Å². The summed E-state index contributed by atoms with van der Waals surface area (Å²) in [5, 5.41) is 3.37. The van der Waals surface area contributed by atoms with Gasteiger partial charge in [0.1, 0.15) is 22.9 Å². The number of ether oxygens (including phenoxy) is 1. The van der Waals surface area contributed by atoms with E-state index in [0.717, 1.165) is 25.7 Å². The van der Waals surface area contributed by atoms with Crippen molar-refractivity contribution in [2.75, 3.05) is 6.61 Å². The number of rotatable bonds is 5. The minimum absolute atomic E-state index is 0.0243. The molecule has 0 bridgehead atoms. The van der Waals surface area contributed by atoms with Crippen molar-refractivity contribution in [3.8, 4) is 16.9 Å². The van der Waals surface area contributed by atoms with Gasteiger partial charge in [-0.05, 0) is 44.0 Å². The van der Waals surface area contributed by atoms with Crippen LogP contribution in [-0.2, 0) is 4.79 Å². The number of halogens is 2. The highest BCUT2D eigenvalue weighted by molar-refractivity contribution is 6.33. The SMILES string of the molecule is Cc1oc2cc(OCC(=O)NC3CCCC3)ccc2c(=O)c1-c1c(F)cccc1Cl. The minimum Gasteiger partial charge on any atom is -0.484 e. The maximum atomic E-state index is 14.4. The normalized spacial score (nSPS) is 14.2. The van der Waals surface area contributed by atoms with Crippen LogP contribution in [0.4, 0.5) is 4.39 Å². The first-order valence-corrected chi connectivity index (χ1v) is 10.3. The number of nitrogens with one attached hydrogen (secondary N) is 1. The Balaban J connectivity index is 1.60. The fourth-order valence-electron chi connectivity index (χ4n) is 3.89. The molecule has 1 heterocycles. The van der Waals surface area contributed by atoms with Gasteiger partial charge in [-0.1, -0.05) is 30.5 Å². The summed E-state index contributed by atoms with van der Waals surface area (Å²) in [7, 11) is 0. The highest BCUT2D eigenvalue weighted by Crippen LogP contribution is 2.32. The van der Waals surface area contributed by atoms with Crippen LogP contribution in [-0.4, -0.2) is 18.6 Å². The molecule has 1 aromatic heterocycles. The summed E-state index contributed by atoms with van der Waals surface area (Å²) in [5.41, 5.74) is 0.0279. The molecule has 156 valence electrons. The number of hydrogen-bond acceptors (Lipinski definition) is 4. The van der Waals surface area contributed by atoms with E-state index in [4.69, 9.17) is 20.8 Å². The lowest BCUT2D eigenvalue weighted by molar-refractivity contribution is -0.123. The van der Waals surface area contributed by atoms with Crippen LogP contribution in [0.1, 0.15) is 31.4 Å². The first kappa shape index (κ1) is 20.4. The zero-order valence-electron chi connectivity index (χ0n) is 16.5. The summed E-state index contributed by atoms with van der Waals surface area (Å²) in [6, 6.07) is 9.16. The third kappa shape index (κ3) is 4.05. The van der Waals surface area contributed by atoms with Gasteiger partial charge in [0.05, 0.1) is 16.0 Å². The highest BCUT2D eigenvalue weighted by Gasteiger charge is 2.20. The summed E-state index contributed by atoms with van der Waals surface area (Å²) in [4.78, 5) is 25.1. The van der Waals surface area contributed by atoms with Gasteiger partial charge in [0.15, 0.2) is 6.61 Å². The van der Waals surface area contributed by atoms with Gasteiger partial charge in [0, 0.05) is 17.7 Å². The molecule has 0 unspecified atom stereocenters. The topological polar surface area (TPSA) is 68.5 Å². The molecular formula is C23H21ClFNO4. The fraction of sp³-hybridized carbons (Fsp3) is 0.304. The van der Waals surface area contributed by atoms with Gasteiger partial charge in [0.2, 0.25) is 5.43 Å². The van der Waals surface area contributed by atoms with Crippen molar-refractivity contribution < 1.29 is 18.3 Å². The minimum atomic E-state index is -0.592.